The summed E-state index contributed by atoms with van der Waals surface area (Å²) in [5, 5.41) is 20.0. The molecule has 0 aliphatic rings. The third-order valence-corrected chi connectivity index (χ3v) is 4.20. The highest BCUT2D eigenvalue weighted by molar-refractivity contribution is 7.99. The maximum Gasteiger partial charge on any atom is 0.337 e. The Bertz CT molecular complexity index is 948. The highest BCUT2D eigenvalue weighted by Crippen LogP contribution is 2.24. The Kier molecular flexibility index (Phi) is 5.49. The van der Waals surface area contributed by atoms with E-state index < -0.39 is 11.9 Å². The Balaban J connectivity index is 1.63. The van der Waals surface area contributed by atoms with Crippen molar-refractivity contribution < 1.29 is 19.1 Å². The lowest BCUT2D eigenvalue weighted by Gasteiger charge is -2.08. The highest BCUT2D eigenvalue weighted by atomic mass is 35.5. The Morgan fingerprint density at radius 2 is 1.96 bits per heavy atom. The molecule has 0 aliphatic heterocycles. The van der Waals surface area contributed by atoms with Crippen LogP contribution in [-0.2, 0) is 4.79 Å². The van der Waals surface area contributed by atoms with E-state index in [0.29, 0.717) is 16.5 Å². The number of hydrogen-bond acceptors (Lipinski definition) is 7. The summed E-state index contributed by atoms with van der Waals surface area (Å²) in [6.45, 7) is 0. The van der Waals surface area contributed by atoms with Gasteiger partial charge in [0.05, 0.1) is 17.0 Å². The molecule has 0 bridgehead atoms. The molecule has 26 heavy (non-hydrogen) atoms. The van der Waals surface area contributed by atoms with Crippen LogP contribution >= 0.6 is 23.4 Å². The van der Waals surface area contributed by atoms with Gasteiger partial charge in [0.25, 0.3) is 5.22 Å². The number of aromatic nitrogens is 3. The average molecular weight is 391 g/mol. The van der Waals surface area contributed by atoms with Gasteiger partial charge in [-0.2, -0.15) is 0 Å². The topological polar surface area (TPSA) is 118 Å². The van der Waals surface area contributed by atoms with Crippen LogP contribution in [0.3, 0.4) is 0 Å². The average Bonchev–Trinajstić information content (AvgIpc) is 3.09. The Labute approximate surface area is 156 Å². The summed E-state index contributed by atoms with van der Waals surface area (Å²) in [4.78, 5) is 27.2. The first-order chi connectivity index (χ1) is 12.5. The SMILES string of the molecule is O=C(CSc1nnc(-c2ccncc2)o1)Nc1cc(Cl)ccc1C(=O)O. The molecule has 0 saturated carbocycles. The lowest BCUT2D eigenvalue weighted by molar-refractivity contribution is -0.113. The number of pyridine rings is 1. The van der Waals surface area contributed by atoms with Crippen LogP contribution < -0.4 is 5.32 Å². The van der Waals surface area contributed by atoms with Crippen LogP contribution in [-0.4, -0.2) is 37.9 Å². The van der Waals surface area contributed by atoms with Crippen molar-refractivity contribution in [1.82, 2.24) is 15.2 Å². The van der Waals surface area contributed by atoms with E-state index in [1.165, 1.54) is 18.2 Å². The zero-order valence-corrected chi connectivity index (χ0v) is 14.6. The van der Waals surface area contributed by atoms with Gasteiger partial charge in [0, 0.05) is 23.0 Å². The number of carbonyl (C=O) groups is 2. The van der Waals surface area contributed by atoms with Gasteiger partial charge >= 0.3 is 5.97 Å². The zero-order chi connectivity index (χ0) is 18.5. The fourth-order valence-electron chi connectivity index (χ4n) is 2.00. The summed E-state index contributed by atoms with van der Waals surface area (Å²) in [7, 11) is 0. The number of carboxylic acids is 1. The van der Waals surface area contributed by atoms with Gasteiger partial charge in [-0.25, -0.2) is 4.79 Å². The molecule has 3 aromatic rings. The molecule has 0 unspecified atom stereocenters. The summed E-state index contributed by atoms with van der Waals surface area (Å²) in [5.41, 5.74) is 0.790. The second kappa shape index (κ2) is 7.98. The summed E-state index contributed by atoms with van der Waals surface area (Å²) in [5.74, 6) is -1.31. The summed E-state index contributed by atoms with van der Waals surface area (Å²) >= 11 is 6.89. The first-order valence-corrected chi connectivity index (χ1v) is 8.58. The van der Waals surface area contributed by atoms with E-state index in [1.54, 1.807) is 24.5 Å². The van der Waals surface area contributed by atoms with E-state index in [1.807, 2.05) is 0 Å². The first-order valence-electron chi connectivity index (χ1n) is 7.22. The van der Waals surface area contributed by atoms with Crippen LogP contribution in [0.25, 0.3) is 11.5 Å². The standard InChI is InChI=1S/C16H11ClN4O4S/c17-10-1-2-11(15(23)24)12(7-10)19-13(22)8-26-16-21-20-14(25-16)9-3-5-18-6-4-9/h1-7H,8H2,(H,19,22)(H,23,24). The van der Waals surface area contributed by atoms with E-state index in [-0.39, 0.29) is 22.2 Å². The Hall–Kier alpha value is -2.91. The minimum absolute atomic E-state index is 0.0381. The van der Waals surface area contributed by atoms with Crippen molar-refractivity contribution in [3.8, 4) is 11.5 Å². The summed E-state index contributed by atoms with van der Waals surface area (Å²) < 4.78 is 5.47. The molecule has 0 spiro atoms. The van der Waals surface area contributed by atoms with Crippen molar-refractivity contribution in [2.75, 3.05) is 11.1 Å². The number of rotatable bonds is 6. The molecule has 10 heteroatoms. The van der Waals surface area contributed by atoms with Gasteiger partial charge in [-0.05, 0) is 30.3 Å². The van der Waals surface area contributed by atoms with Crippen LogP contribution in [0.5, 0.6) is 0 Å². The molecule has 2 heterocycles. The van der Waals surface area contributed by atoms with Crippen molar-refractivity contribution in [1.29, 1.82) is 0 Å². The summed E-state index contributed by atoms with van der Waals surface area (Å²) in [6.07, 6.45) is 3.20. The largest absolute Gasteiger partial charge is 0.478 e. The van der Waals surface area contributed by atoms with Crippen molar-refractivity contribution >= 4 is 40.9 Å². The first kappa shape index (κ1) is 17.9. The number of benzene rings is 1. The van der Waals surface area contributed by atoms with Crippen LogP contribution in [0, 0.1) is 0 Å². The molecule has 2 N–H and O–H groups in total. The summed E-state index contributed by atoms with van der Waals surface area (Å²) in [6, 6.07) is 7.59. The van der Waals surface area contributed by atoms with E-state index >= 15 is 0 Å². The number of halogens is 1. The molecule has 0 atom stereocenters. The van der Waals surface area contributed by atoms with Crippen molar-refractivity contribution in [2.45, 2.75) is 5.22 Å². The molecule has 8 nitrogen and oxygen atoms in total. The number of carbonyl (C=O) groups excluding carboxylic acids is 1. The lowest BCUT2D eigenvalue weighted by atomic mass is 10.2. The number of anilines is 1. The van der Waals surface area contributed by atoms with Crippen LogP contribution in [0.1, 0.15) is 10.4 Å². The second-order valence-corrected chi connectivity index (χ2v) is 6.30. The molecule has 0 saturated heterocycles. The molecule has 1 aromatic carbocycles. The van der Waals surface area contributed by atoms with Crippen molar-refractivity contribution in [3.63, 3.8) is 0 Å². The van der Waals surface area contributed by atoms with Gasteiger partial charge in [-0.15, -0.1) is 10.2 Å². The molecule has 0 fully saturated rings. The molecule has 0 radical (unpaired) electrons. The normalized spacial score (nSPS) is 10.5. The van der Waals surface area contributed by atoms with E-state index in [2.05, 4.69) is 20.5 Å². The molecular weight excluding hydrogens is 380 g/mol. The fourth-order valence-corrected chi connectivity index (χ4v) is 2.73. The van der Waals surface area contributed by atoms with Gasteiger partial charge in [0.15, 0.2) is 0 Å². The van der Waals surface area contributed by atoms with E-state index in [9.17, 15) is 9.59 Å². The van der Waals surface area contributed by atoms with Crippen molar-refractivity contribution in [3.05, 3.63) is 53.3 Å². The zero-order valence-electron chi connectivity index (χ0n) is 13.0. The number of nitrogens with zero attached hydrogens (tertiary/aromatic N) is 3. The highest BCUT2D eigenvalue weighted by Gasteiger charge is 2.15. The molecule has 132 valence electrons. The van der Waals surface area contributed by atoms with Crippen LogP contribution in [0.2, 0.25) is 5.02 Å². The lowest BCUT2D eigenvalue weighted by Crippen LogP contribution is -2.16. The predicted octanol–water partition coefficient (Wildman–Crippen LogP) is 3.21. The fraction of sp³-hybridized carbons (Fsp3) is 0.0625. The van der Waals surface area contributed by atoms with Gasteiger partial charge < -0.3 is 14.8 Å². The number of thioether (sulfide) groups is 1. The third kappa shape index (κ3) is 4.38. The Morgan fingerprint density at radius 3 is 2.69 bits per heavy atom. The number of nitrogens with one attached hydrogen (secondary N) is 1. The Morgan fingerprint density at radius 1 is 1.19 bits per heavy atom. The number of hydrogen-bond donors (Lipinski definition) is 2. The minimum atomic E-state index is -1.16. The molecule has 2 aromatic heterocycles. The van der Waals surface area contributed by atoms with Crippen LogP contribution in [0.4, 0.5) is 5.69 Å². The third-order valence-electron chi connectivity index (χ3n) is 3.15. The predicted molar refractivity (Wildman–Crippen MR) is 95.3 cm³/mol. The number of carboxylic acid groups (broad SMARTS) is 1. The smallest absolute Gasteiger partial charge is 0.337 e. The maximum atomic E-state index is 12.1. The molecule has 1 amide bonds. The molecule has 0 aliphatic carbocycles. The maximum absolute atomic E-state index is 12.1. The van der Waals surface area contributed by atoms with Gasteiger partial charge in [0.1, 0.15) is 0 Å². The monoisotopic (exact) mass is 390 g/mol. The minimum Gasteiger partial charge on any atom is -0.478 e. The number of amides is 1. The van der Waals surface area contributed by atoms with Gasteiger partial charge in [-0.3, -0.25) is 9.78 Å². The van der Waals surface area contributed by atoms with Gasteiger partial charge in [-0.1, -0.05) is 23.4 Å². The van der Waals surface area contributed by atoms with Crippen molar-refractivity contribution in [2.24, 2.45) is 0 Å². The quantitative estimate of drug-likeness (QED) is 0.616. The second-order valence-electron chi connectivity index (χ2n) is 4.94. The van der Waals surface area contributed by atoms with Crippen LogP contribution in [0.15, 0.2) is 52.4 Å². The number of aromatic carboxylic acids is 1. The van der Waals surface area contributed by atoms with E-state index in [4.69, 9.17) is 21.1 Å². The molecule has 3 rings (SSSR count). The van der Waals surface area contributed by atoms with Gasteiger partial charge in [0.2, 0.25) is 11.8 Å². The molecular formula is C16H11ClN4O4S. The van der Waals surface area contributed by atoms with E-state index in [0.717, 1.165) is 11.8 Å².